The number of pyridine rings is 1. The number of carbonyl (C=O) groups excluding carboxylic acids is 1. The Morgan fingerprint density at radius 2 is 1.97 bits per heavy atom. The topological polar surface area (TPSA) is 112 Å². The molecule has 2 N–H and O–H groups in total. The van der Waals surface area contributed by atoms with Crippen molar-refractivity contribution in [1.29, 1.82) is 0 Å². The molecule has 1 saturated carbocycles. The van der Waals surface area contributed by atoms with Crippen molar-refractivity contribution in [2.75, 3.05) is 30.3 Å². The summed E-state index contributed by atoms with van der Waals surface area (Å²) in [6.07, 6.45) is 8.99. The van der Waals surface area contributed by atoms with Crippen LogP contribution in [0.15, 0.2) is 30.7 Å². The molecule has 3 aromatic heterocycles. The number of rotatable bonds is 11. The predicted octanol–water partition coefficient (Wildman–Crippen LogP) is 4.72. The van der Waals surface area contributed by atoms with E-state index < -0.39 is 11.8 Å². The monoisotopic (exact) mass is 539 g/mol. The smallest absolute Gasteiger partial charge is 0.251 e. The number of halogens is 2. The van der Waals surface area contributed by atoms with E-state index in [-0.39, 0.29) is 18.0 Å². The number of hydrogen-bond donors (Lipinski definition) is 1. The van der Waals surface area contributed by atoms with Crippen molar-refractivity contribution in [3.63, 3.8) is 0 Å². The van der Waals surface area contributed by atoms with Crippen molar-refractivity contribution in [1.82, 2.24) is 24.5 Å². The molecule has 2 fully saturated rings. The molecule has 0 amide bonds. The molecule has 0 bridgehead atoms. The Morgan fingerprint density at radius 1 is 1.21 bits per heavy atom. The van der Waals surface area contributed by atoms with Gasteiger partial charge in [-0.3, -0.25) is 4.79 Å². The quantitative estimate of drug-likeness (QED) is 0.349. The number of aryl methyl sites for hydroxylation is 2. The SMILES string of the molecule is CCCC(=O)c1nc(CCC2CC2(F)F)nc(N2CCC(COc3cc(-c4ccn(C)c4)cnc3N)CC2)n1. The van der Waals surface area contributed by atoms with Gasteiger partial charge < -0.3 is 19.9 Å². The third-order valence-electron chi connectivity index (χ3n) is 7.49. The molecule has 0 radical (unpaired) electrons. The first-order valence-corrected chi connectivity index (χ1v) is 13.6. The summed E-state index contributed by atoms with van der Waals surface area (Å²) in [5.74, 6) is -1.12. The summed E-state index contributed by atoms with van der Waals surface area (Å²) in [5.41, 5.74) is 8.07. The van der Waals surface area contributed by atoms with Crippen LogP contribution in [-0.4, -0.2) is 55.9 Å². The number of nitrogens with two attached hydrogens (primary N) is 1. The summed E-state index contributed by atoms with van der Waals surface area (Å²) in [6, 6.07) is 3.94. The summed E-state index contributed by atoms with van der Waals surface area (Å²) in [6.45, 7) is 3.82. The first kappa shape index (κ1) is 27.0. The van der Waals surface area contributed by atoms with Gasteiger partial charge in [-0.05, 0) is 43.7 Å². The summed E-state index contributed by atoms with van der Waals surface area (Å²) in [7, 11) is 1.97. The fourth-order valence-electron chi connectivity index (χ4n) is 4.92. The predicted molar refractivity (Wildman–Crippen MR) is 144 cm³/mol. The number of Topliss-reactive ketones (excluding diaryl/α,β-unsaturated/α-hetero) is 1. The second-order valence-electron chi connectivity index (χ2n) is 10.7. The average Bonchev–Trinajstić information content (AvgIpc) is 3.31. The molecular formula is C28H35F2N7O2. The van der Waals surface area contributed by atoms with Crippen molar-refractivity contribution in [2.45, 2.75) is 57.8 Å². The van der Waals surface area contributed by atoms with Crippen LogP contribution in [0.3, 0.4) is 0 Å². The van der Waals surface area contributed by atoms with E-state index in [2.05, 4.69) is 19.9 Å². The lowest BCUT2D eigenvalue weighted by molar-refractivity contribution is 0.0958. The number of carbonyl (C=O) groups is 1. The number of alkyl halides is 2. The van der Waals surface area contributed by atoms with Gasteiger partial charge in [0.25, 0.3) is 5.92 Å². The van der Waals surface area contributed by atoms with Crippen LogP contribution < -0.4 is 15.4 Å². The minimum Gasteiger partial charge on any atom is -0.489 e. The molecule has 208 valence electrons. The molecule has 39 heavy (non-hydrogen) atoms. The molecule has 11 heteroatoms. The second kappa shape index (κ2) is 11.2. The summed E-state index contributed by atoms with van der Waals surface area (Å²) in [4.78, 5) is 32.3. The Hall–Kier alpha value is -3.63. The summed E-state index contributed by atoms with van der Waals surface area (Å²) in [5, 5.41) is 0. The maximum atomic E-state index is 13.4. The number of hydrogen-bond acceptors (Lipinski definition) is 8. The number of anilines is 2. The highest BCUT2D eigenvalue weighted by Crippen LogP contribution is 2.51. The number of nitrogen functional groups attached to an aromatic ring is 1. The zero-order valence-electron chi connectivity index (χ0n) is 22.4. The maximum Gasteiger partial charge on any atom is 0.251 e. The molecule has 2 aliphatic rings. The number of ketones is 1. The molecule has 1 atom stereocenters. The van der Waals surface area contributed by atoms with E-state index in [0.717, 1.165) is 24.0 Å². The molecular weight excluding hydrogens is 504 g/mol. The lowest BCUT2D eigenvalue weighted by atomic mass is 9.98. The van der Waals surface area contributed by atoms with Crippen molar-refractivity contribution in [2.24, 2.45) is 18.9 Å². The summed E-state index contributed by atoms with van der Waals surface area (Å²) >= 11 is 0. The molecule has 1 saturated heterocycles. The zero-order chi connectivity index (χ0) is 27.6. The van der Waals surface area contributed by atoms with Gasteiger partial charge in [-0.1, -0.05) is 6.92 Å². The minimum atomic E-state index is -2.58. The highest BCUT2D eigenvalue weighted by Gasteiger charge is 2.56. The van der Waals surface area contributed by atoms with E-state index in [0.29, 0.717) is 74.6 Å². The van der Waals surface area contributed by atoms with Gasteiger partial charge >= 0.3 is 0 Å². The van der Waals surface area contributed by atoms with Gasteiger partial charge in [0.1, 0.15) is 5.82 Å². The Bertz CT molecular complexity index is 1320. The van der Waals surface area contributed by atoms with Crippen LogP contribution in [0.25, 0.3) is 11.1 Å². The summed E-state index contributed by atoms with van der Waals surface area (Å²) < 4.78 is 34.8. The third-order valence-corrected chi connectivity index (χ3v) is 7.49. The number of nitrogens with zero attached hydrogens (tertiary/aromatic N) is 6. The highest BCUT2D eigenvalue weighted by atomic mass is 19.3. The van der Waals surface area contributed by atoms with Crippen LogP contribution in [0, 0.1) is 11.8 Å². The van der Waals surface area contributed by atoms with Gasteiger partial charge in [0.2, 0.25) is 11.8 Å². The van der Waals surface area contributed by atoms with Gasteiger partial charge in [0.15, 0.2) is 17.4 Å². The number of piperidine rings is 1. The molecule has 5 rings (SSSR count). The lowest BCUT2D eigenvalue weighted by Gasteiger charge is -2.32. The Labute approximate surface area is 226 Å². The van der Waals surface area contributed by atoms with E-state index in [1.54, 1.807) is 6.20 Å². The van der Waals surface area contributed by atoms with Crippen LogP contribution in [0.1, 0.15) is 61.9 Å². The molecule has 0 aromatic carbocycles. The van der Waals surface area contributed by atoms with Crippen LogP contribution in [0.5, 0.6) is 5.75 Å². The van der Waals surface area contributed by atoms with E-state index in [9.17, 15) is 13.6 Å². The van der Waals surface area contributed by atoms with Crippen LogP contribution >= 0.6 is 0 Å². The van der Waals surface area contributed by atoms with E-state index in [4.69, 9.17) is 10.5 Å². The van der Waals surface area contributed by atoms with Crippen molar-refractivity contribution in [3.8, 4) is 16.9 Å². The largest absolute Gasteiger partial charge is 0.489 e. The average molecular weight is 540 g/mol. The van der Waals surface area contributed by atoms with Gasteiger partial charge in [-0.2, -0.15) is 9.97 Å². The van der Waals surface area contributed by atoms with Crippen LogP contribution in [0.2, 0.25) is 0 Å². The zero-order valence-corrected chi connectivity index (χ0v) is 22.4. The van der Waals surface area contributed by atoms with Gasteiger partial charge in [-0.15, -0.1) is 0 Å². The van der Waals surface area contributed by atoms with Gasteiger partial charge in [0, 0.05) is 75.0 Å². The molecule has 4 heterocycles. The van der Waals surface area contributed by atoms with Crippen molar-refractivity contribution >= 4 is 17.5 Å². The van der Waals surface area contributed by atoms with Crippen LogP contribution in [-0.2, 0) is 13.5 Å². The maximum absolute atomic E-state index is 13.4. The second-order valence-corrected chi connectivity index (χ2v) is 10.7. The van der Waals surface area contributed by atoms with Gasteiger partial charge in [0.05, 0.1) is 6.61 Å². The van der Waals surface area contributed by atoms with E-state index in [1.807, 2.05) is 48.0 Å². The lowest BCUT2D eigenvalue weighted by Crippen LogP contribution is -2.37. The Kier molecular flexibility index (Phi) is 7.76. The molecule has 3 aromatic rings. The number of ether oxygens (including phenoxy) is 1. The highest BCUT2D eigenvalue weighted by molar-refractivity contribution is 5.92. The first-order chi connectivity index (χ1) is 18.7. The van der Waals surface area contributed by atoms with E-state index in [1.165, 1.54) is 0 Å². The van der Waals surface area contributed by atoms with Gasteiger partial charge in [-0.25, -0.2) is 18.7 Å². The molecule has 1 aliphatic heterocycles. The first-order valence-electron chi connectivity index (χ1n) is 13.6. The van der Waals surface area contributed by atoms with Crippen molar-refractivity contribution in [3.05, 3.63) is 42.4 Å². The fourth-order valence-corrected chi connectivity index (χ4v) is 4.92. The normalized spacial score (nSPS) is 18.8. The standard InChI is InChI=1S/C28H35F2N7O2/c1-3-4-22(38)26-33-24(6-5-21-14-28(21,29)30)34-27(35-26)37-11-7-18(8-12-37)17-39-23-13-20(15-32-25(23)31)19-9-10-36(2)16-19/h9-10,13,15-16,18,21H,3-8,11-12,14,17H2,1-2H3,(H2,31,32). The Morgan fingerprint density at radius 3 is 2.64 bits per heavy atom. The van der Waals surface area contributed by atoms with Crippen LogP contribution in [0.4, 0.5) is 20.5 Å². The molecule has 9 nitrogen and oxygen atoms in total. The molecule has 0 spiro atoms. The Balaban J connectivity index is 1.20. The fraction of sp³-hybridized carbons (Fsp3) is 0.536. The minimum absolute atomic E-state index is 0.0829. The number of aromatic nitrogens is 5. The molecule has 1 unspecified atom stereocenters. The third kappa shape index (κ3) is 6.51. The van der Waals surface area contributed by atoms with Crippen molar-refractivity contribution < 1.29 is 18.3 Å². The molecule has 1 aliphatic carbocycles. The van der Waals surface area contributed by atoms with E-state index >= 15 is 0 Å².